The average Bonchev–Trinajstić information content (AvgIpc) is 2.78. The van der Waals surface area contributed by atoms with E-state index in [9.17, 15) is 8.42 Å². The smallest absolute Gasteiger partial charge is 0.210 e. The Morgan fingerprint density at radius 3 is 2.40 bits per heavy atom. The van der Waals surface area contributed by atoms with Gasteiger partial charge < -0.3 is 14.5 Å². The standard InChI is InChI=1S/C22H24ClN3O3S/c1-3-25-10-12-26(13-11-25)22-19-14-16(23)4-9-20(19)24-15-21(22)30(27,28)18-7-5-17(29-2)6-8-18/h4-9,14-15H,3,10-13H2,1-2H3. The summed E-state index contributed by atoms with van der Waals surface area (Å²) in [5, 5.41) is 1.30. The van der Waals surface area contributed by atoms with E-state index in [0.717, 1.165) is 43.6 Å². The van der Waals surface area contributed by atoms with E-state index in [1.807, 2.05) is 6.07 Å². The molecule has 6 nitrogen and oxygen atoms in total. The highest BCUT2D eigenvalue weighted by Crippen LogP contribution is 2.37. The molecule has 1 aliphatic heterocycles. The number of fused-ring (bicyclic) bond motifs is 1. The fraction of sp³-hybridized carbons (Fsp3) is 0.318. The molecule has 2 heterocycles. The summed E-state index contributed by atoms with van der Waals surface area (Å²) >= 11 is 6.27. The van der Waals surface area contributed by atoms with Crippen molar-refractivity contribution < 1.29 is 13.2 Å². The zero-order valence-corrected chi connectivity index (χ0v) is 18.6. The number of ether oxygens (including phenoxy) is 1. The molecule has 30 heavy (non-hydrogen) atoms. The number of benzene rings is 2. The molecule has 8 heteroatoms. The van der Waals surface area contributed by atoms with Crippen LogP contribution in [0.15, 0.2) is 58.5 Å². The van der Waals surface area contributed by atoms with E-state index in [1.54, 1.807) is 43.5 Å². The number of pyridine rings is 1. The number of likely N-dealkylation sites (N-methyl/N-ethyl adjacent to an activating group) is 1. The van der Waals surface area contributed by atoms with Gasteiger partial charge in [0.05, 0.1) is 23.2 Å². The second kappa shape index (κ2) is 8.41. The van der Waals surface area contributed by atoms with Crippen LogP contribution in [0.5, 0.6) is 5.75 Å². The molecule has 0 bridgehead atoms. The van der Waals surface area contributed by atoms with Gasteiger partial charge in [0.1, 0.15) is 10.6 Å². The Hall–Kier alpha value is -2.35. The lowest BCUT2D eigenvalue weighted by Crippen LogP contribution is -2.46. The minimum Gasteiger partial charge on any atom is -0.497 e. The highest BCUT2D eigenvalue weighted by Gasteiger charge is 2.28. The molecule has 4 rings (SSSR count). The lowest BCUT2D eigenvalue weighted by Gasteiger charge is -2.36. The van der Waals surface area contributed by atoms with Crippen LogP contribution in [0.3, 0.4) is 0 Å². The van der Waals surface area contributed by atoms with Crippen LogP contribution in [0.4, 0.5) is 5.69 Å². The van der Waals surface area contributed by atoms with E-state index in [-0.39, 0.29) is 9.79 Å². The molecule has 0 N–H and O–H groups in total. The van der Waals surface area contributed by atoms with E-state index in [0.29, 0.717) is 16.5 Å². The molecule has 0 radical (unpaired) electrons. The van der Waals surface area contributed by atoms with E-state index < -0.39 is 9.84 Å². The van der Waals surface area contributed by atoms with Gasteiger partial charge in [0, 0.05) is 42.8 Å². The van der Waals surface area contributed by atoms with Crippen molar-refractivity contribution in [2.75, 3.05) is 44.7 Å². The number of sulfone groups is 1. The van der Waals surface area contributed by atoms with Crippen molar-refractivity contribution in [3.8, 4) is 5.75 Å². The first-order valence-electron chi connectivity index (χ1n) is 9.88. The van der Waals surface area contributed by atoms with Crippen molar-refractivity contribution >= 4 is 38.0 Å². The molecular weight excluding hydrogens is 422 g/mol. The highest BCUT2D eigenvalue weighted by atomic mass is 35.5. The Morgan fingerprint density at radius 2 is 1.77 bits per heavy atom. The maximum atomic E-state index is 13.6. The average molecular weight is 446 g/mol. The predicted molar refractivity (Wildman–Crippen MR) is 120 cm³/mol. The molecule has 0 atom stereocenters. The van der Waals surface area contributed by atoms with Gasteiger partial charge in [-0.1, -0.05) is 18.5 Å². The first kappa shape index (κ1) is 20.9. The number of nitrogens with zero attached hydrogens (tertiary/aromatic N) is 3. The van der Waals surface area contributed by atoms with E-state index in [2.05, 4.69) is 21.7 Å². The summed E-state index contributed by atoms with van der Waals surface area (Å²) in [5.41, 5.74) is 1.40. The fourth-order valence-electron chi connectivity index (χ4n) is 3.82. The predicted octanol–water partition coefficient (Wildman–Crippen LogP) is 3.87. The molecule has 0 amide bonds. The van der Waals surface area contributed by atoms with Gasteiger partial charge >= 0.3 is 0 Å². The van der Waals surface area contributed by atoms with Gasteiger partial charge in [0.25, 0.3) is 0 Å². The van der Waals surface area contributed by atoms with Crippen LogP contribution in [0.1, 0.15) is 6.92 Å². The monoisotopic (exact) mass is 445 g/mol. The number of hydrogen-bond donors (Lipinski definition) is 0. The number of halogens is 1. The second-order valence-corrected chi connectivity index (χ2v) is 9.59. The molecule has 0 unspecified atom stereocenters. The largest absolute Gasteiger partial charge is 0.497 e. The van der Waals surface area contributed by atoms with Crippen LogP contribution in [-0.4, -0.2) is 58.1 Å². The van der Waals surface area contributed by atoms with Gasteiger partial charge in [-0.05, 0) is 49.0 Å². The Labute approximate surface area is 182 Å². The molecule has 1 aliphatic rings. The second-order valence-electron chi connectivity index (χ2n) is 7.23. The third-order valence-electron chi connectivity index (χ3n) is 5.56. The quantitative estimate of drug-likeness (QED) is 0.594. The van der Waals surface area contributed by atoms with Gasteiger partial charge in [-0.15, -0.1) is 0 Å². The summed E-state index contributed by atoms with van der Waals surface area (Å²) in [4.78, 5) is 9.34. The summed E-state index contributed by atoms with van der Waals surface area (Å²) < 4.78 is 32.4. The zero-order chi connectivity index (χ0) is 21.3. The Bertz CT molecular complexity index is 1160. The summed E-state index contributed by atoms with van der Waals surface area (Å²) in [7, 11) is -2.23. The van der Waals surface area contributed by atoms with Crippen molar-refractivity contribution in [3.05, 3.63) is 53.7 Å². The summed E-state index contributed by atoms with van der Waals surface area (Å²) in [5.74, 6) is 0.605. The van der Waals surface area contributed by atoms with E-state index >= 15 is 0 Å². The molecule has 0 saturated carbocycles. The van der Waals surface area contributed by atoms with Crippen molar-refractivity contribution in [1.82, 2.24) is 9.88 Å². The minimum atomic E-state index is -3.78. The molecule has 2 aromatic carbocycles. The maximum absolute atomic E-state index is 13.6. The van der Waals surface area contributed by atoms with Gasteiger partial charge in [0.2, 0.25) is 9.84 Å². The van der Waals surface area contributed by atoms with Crippen LogP contribution >= 0.6 is 11.6 Å². The van der Waals surface area contributed by atoms with E-state index in [4.69, 9.17) is 16.3 Å². The van der Waals surface area contributed by atoms with Crippen LogP contribution in [0.25, 0.3) is 10.9 Å². The fourth-order valence-corrected chi connectivity index (χ4v) is 5.43. The zero-order valence-electron chi connectivity index (χ0n) is 17.0. The number of hydrogen-bond acceptors (Lipinski definition) is 6. The molecule has 1 aromatic heterocycles. The molecule has 0 spiro atoms. The van der Waals surface area contributed by atoms with Crippen molar-refractivity contribution in [2.45, 2.75) is 16.7 Å². The van der Waals surface area contributed by atoms with Crippen LogP contribution in [0, 0.1) is 0 Å². The third kappa shape index (κ3) is 3.85. The lowest BCUT2D eigenvalue weighted by molar-refractivity contribution is 0.271. The normalized spacial score (nSPS) is 15.5. The Balaban J connectivity index is 1.88. The van der Waals surface area contributed by atoms with Crippen molar-refractivity contribution in [2.24, 2.45) is 0 Å². The summed E-state index contributed by atoms with van der Waals surface area (Å²) in [6.07, 6.45) is 1.47. The number of piperazine rings is 1. The molecule has 158 valence electrons. The topological polar surface area (TPSA) is 62.7 Å². The number of anilines is 1. The molecule has 0 aliphatic carbocycles. The molecule has 1 saturated heterocycles. The van der Waals surface area contributed by atoms with Crippen LogP contribution < -0.4 is 9.64 Å². The highest BCUT2D eigenvalue weighted by molar-refractivity contribution is 7.91. The third-order valence-corrected chi connectivity index (χ3v) is 7.57. The number of rotatable bonds is 5. The maximum Gasteiger partial charge on any atom is 0.210 e. The molecule has 1 fully saturated rings. The van der Waals surface area contributed by atoms with Gasteiger partial charge in [-0.25, -0.2) is 8.42 Å². The van der Waals surface area contributed by atoms with Gasteiger partial charge in [-0.3, -0.25) is 4.98 Å². The van der Waals surface area contributed by atoms with Gasteiger partial charge in [0.15, 0.2) is 0 Å². The van der Waals surface area contributed by atoms with Crippen LogP contribution in [-0.2, 0) is 9.84 Å². The first-order chi connectivity index (χ1) is 14.4. The SMILES string of the molecule is CCN1CCN(c2c(S(=O)(=O)c3ccc(OC)cc3)cnc3ccc(Cl)cc23)CC1. The van der Waals surface area contributed by atoms with Gasteiger partial charge in [-0.2, -0.15) is 0 Å². The van der Waals surface area contributed by atoms with Crippen LogP contribution in [0.2, 0.25) is 5.02 Å². The van der Waals surface area contributed by atoms with Crippen molar-refractivity contribution in [3.63, 3.8) is 0 Å². The Morgan fingerprint density at radius 1 is 1.07 bits per heavy atom. The first-order valence-corrected chi connectivity index (χ1v) is 11.7. The number of methoxy groups -OCH3 is 1. The molecular formula is C22H24ClN3O3S. The lowest BCUT2D eigenvalue weighted by atomic mass is 10.1. The number of aromatic nitrogens is 1. The summed E-state index contributed by atoms with van der Waals surface area (Å²) in [6, 6.07) is 11.8. The minimum absolute atomic E-state index is 0.201. The van der Waals surface area contributed by atoms with Crippen molar-refractivity contribution in [1.29, 1.82) is 0 Å². The summed E-state index contributed by atoms with van der Waals surface area (Å²) in [6.45, 7) is 6.35. The van der Waals surface area contributed by atoms with E-state index in [1.165, 1.54) is 6.20 Å². The Kier molecular flexibility index (Phi) is 5.86. The molecule has 3 aromatic rings.